The van der Waals surface area contributed by atoms with E-state index in [1.54, 1.807) is 20.8 Å². The van der Waals surface area contributed by atoms with E-state index < -0.39 is 23.1 Å². The lowest BCUT2D eigenvalue weighted by Crippen LogP contribution is -2.35. The first kappa shape index (κ1) is 17.1. The van der Waals surface area contributed by atoms with E-state index in [4.69, 9.17) is 17.0 Å². The van der Waals surface area contributed by atoms with Crippen molar-refractivity contribution in [3.05, 3.63) is 39.1 Å². The number of aromatic amines is 1. The maximum Gasteiger partial charge on any atom is 0.407 e. The van der Waals surface area contributed by atoms with Gasteiger partial charge in [-0.1, -0.05) is 0 Å². The van der Waals surface area contributed by atoms with Gasteiger partial charge in [-0.2, -0.15) is 0 Å². The first-order chi connectivity index (χ1) is 10.7. The average Bonchev–Trinajstić information content (AvgIpc) is 2.41. The lowest BCUT2D eigenvalue weighted by Gasteiger charge is -2.19. The molecule has 0 aliphatic carbocycles. The van der Waals surface area contributed by atoms with Gasteiger partial charge in [-0.15, -0.1) is 0 Å². The van der Waals surface area contributed by atoms with E-state index in [9.17, 15) is 14.0 Å². The summed E-state index contributed by atoms with van der Waals surface area (Å²) in [7, 11) is 0. The number of carbonyl (C=O) groups is 1. The summed E-state index contributed by atoms with van der Waals surface area (Å²) < 4.78 is 19.9. The van der Waals surface area contributed by atoms with Crippen LogP contribution in [0.1, 0.15) is 20.8 Å². The Kier molecular flexibility index (Phi) is 4.84. The molecule has 0 spiro atoms. The van der Waals surface area contributed by atoms with E-state index in [1.807, 2.05) is 0 Å². The summed E-state index contributed by atoms with van der Waals surface area (Å²) >= 11 is 5.14. The molecule has 2 N–H and O–H groups in total. The van der Waals surface area contributed by atoms with Gasteiger partial charge in [-0.25, -0.2) is 9.18 Å². The fourth-order valence-electron chi connectivity index (χ4n) is 2.01. The van der Waals surface area contributed by atoms with Crippen LogP contribution in [0.2, 0.25) is 0 Å². The molecule has 0 radical (unpaired) electrons. The molecule has 6 nitrogen and oxygen atoms in total. The van der Waals surface area contributed by atoms with E-state index in [-0.39, 0.29) is 23.2 Å². The summed E-state index contributed by atoms with van der Waals surface area (Å²) in [6.45, 7) is 5.58. The number of amides is 1. The summed E-state index contributed by atoms with van der Waals surface area (Å²) in [6, 6.07) is 3.87. The molecule has 0 fully saturated rings. The molecule has 0 unspecified atom stereocenters. The first-order valence-electron chi connectivity index (χ1n) is 7.06. The van der Waals surface area contributed by atoms with Crippen LogP contribution in [0.15, 0.2) is 23.0 Å². The normalized spacial score (nSPS) is 11.5. The molecule has 2 rings (SSSR count). The van der Waals surface area contributed by atoms with Gasteiger partial charge in [0.1, 0.15) is 11.4 Å². The summed E-state index contributed by atoms with van der Waals surface area (Å²) in [5, 5.41) is 2.75. The standard InChI is InChI=1S/C15H18FN3O3S/c1-15(2,3)22-14(21)17-6-7-19-12(20)10-8-9(16)4-5-11(10)18-13(19)23/h4-5,8H,6-7H2,1-3H3,(H,17,21)(H,18,23). The van der Waals surface area contributed by atoms with Crippen molar-refractivity contribution in [2.24, 2.45) is 0 Å². The lowest BCUT2D eigenvalue weighted by molar-refractivity contribution is 0.0526. The van der Waals surface area contributed by atoms with E-state index in [0.29, 0.717) is 5.52 Å². The summed E-state index contributed by atoms with van der Waals surface area (Å²) in [4.78, 5) is 26.8. The molecule has 124 valence electrons. The van der Waals surface area contributed by atoms with Gasteiger partial charge in [0.05, 0.1) is 10.9 Å². The van der Waals surface area contributed by atoms with Crippen LogP contribution < -0.4 is 10.9 Å². The lowest BCUT2D eigenvalue weighted by atomic mass is 10.2. The van der Waals surface area contributed by atoms with E-state index in [1.165, 1.54) is 16.7 Å². The van der Waals surface area contributed by atoms with Crippen LogP contribution in [0.4, 0.5) is 9.18 Å². The zero-order chi connectivity index (χ0) is 17.2. The maximum absolute atomic E-state index is 13.3. The number of nitrogens with zero attached hydrogens (tertiary/aromatic N) is 1. The van der Waals surface area contributed by atoms with E-state index >= 15 is 0 Å². The van der Waals surface area contributed by atoms with Gasteiger partial charge in [0.25, 0.3) is 5.56 Å². The number of nitrogens with one attached hydrogen (secondary N) is 2. The number of fused-ring (bicyclic) bond motifs is 1. The largest absolute Gasteiger partial charge is 0.444 e. The van der Waals surface area contributed by atoms with Crippen LogP contribution in [-0.4, -0.2) is 27.8 Å². The molecule has 1 aromatic heterocycles. The Balaban J connectivity index is 2.16. The first-order valence-corrected chi connectivity index (χ1v) is 7.47. The molecule has 0 aliphatic heterocycles. The van der Waals surface area contributed by atoms with Gasteiger partial charge in [-0.3, -0.25) is 9.36 Å². The Morgan fingerprint density at radius 2 is 2.13 bits per heavy atom. The molecular weight excluding hydrogens is 321 g/mol. The van der Waals surface area contributed by atoms with Gasteiger partial charge in [0.15, 0.2) is 4.77 Å². The number of hydrogen-bond acceptors (Lipinski definition) is 4. The van der Waals surface area contributed by atoms with Gasteiger partial charge < -0.3 is 15.0 Å². The second kappa shape index (κ2) is 6.49. The third-order valence-electron chi connectivity index (χ3n) is 2.95. The number of rotatable bonds is 3. The Bertz CT molecular complexity index is 852. The van der Waals surface area contributed by atoms with Crippen molar-refractivity contribution in [2.75, 3.05) is 6.54 Å². The number of alkyl carbamates (subject to hydrolysis) is 1. The highest BCUT2D eigenvalue weighted by Gasteiger charge is 2.15. The van der Waals surface area contributed by atoms with Crippen molar-refractivity contribution in [3.8, 4) is 0 Å². The second-order valence-corrected chi connectivity index (χ2v) is 6.39. The van der Waals surface area contributed by atoms with Crippen LogP contribution in [0.3, 0.4) is 0 Å². The van der Waals surface area contributed by atoms with Crippen molar-refractivity contribution in [1.82, 2.24) is 14.9 Å². The Morgan fingerprint density at radius 1 is 1.43 bits per heavy atom. The van der Waals surface area contributed by atoms with Crippen LogP contribution in [0, 0.1) is 10.6 Å². The van der Waals surface area contributed by atoms with E-state index in [0.717, 1.165) is 6.07 Å². The molecule has 1 aromatic carbocycles. The number of hydrogen-bond donors (Lipinski definition) is 2. The molecule has 2 aromatic rings. The molecule has 0 atom stereocenters. The van der Waals surface area contributed by atoms with Crippen LogP contribution in [0.5, 0.6) is 0 Å². The Morgan fingerprint density at radius 3 is 2.78 bits per heavy atom. The molecule has 0 aliphatic rings. The van der Waals surface area contributed by atoms with Crippen molar-refractivity contribution >= 4 is 29.2 Å². The Hall–Kier alpha value is -2.22. The topological polar surface area (TPSA) is 76.1 Å². The Labute approximate surface area is 137 Å². The molecule has 1 heterocycles. The number of H-pyrrole nitrogens is 1. The summed E-state index contributed by atoms with van der Waals surface area (Å²) in [5.74, 6) is -0.501. The molecule has 0 bridgehead atoms. The maximum atomic E-state index is 13.3. The van der Waals surface area contributed by atoms with Gasteiger partial charge in [-0.05, 0) is 51.2 Å². The minimum absolute atomic E-state index is 0.153. The highest BCUT2D eigenvalue weighted by molar-refractivity contribution is 7.71. The minimum Gasteiger partial charge on any atom is -0.444 e. The number of ether oxygens (including phenoxy) is 1. The molecule has 0 saturated carbocycles. The van der Waals surface area contributed by atoms with Gasteiger partial charge >= 0.3 is 6.09 Å². The van der Waals surface area contributed by atoms with E-state index in [2.05, 4.69) is 10.3 Å². The van der Waals surface area contributed by atoms with Crippen molar-refractivity contribution < 1.29 is 13.9 Å². The molecule has 8 heteroatoms. The molecular formula is C15H18FN3O3S. The number of carbonyl (C=O) groups excluding carboxylic acids is 1. The SMILES string of the molecule is CC(C)(C)OC(=O)NCCn1c(=S)[nH]c2ccc(F)cc2c1=O. The van der Waals surface area contributed by atoms with Crippen molar-refractivity contribution in [1.29, 1.82) is 0 Å². The van der Waals surface area contributed by atoms with Gasteiger partial charge in [0, 0.05) is 13.1 Å². The van der Waals surface area contributed by atoms with Crippen LogP contribution >= 0.6 is 12.2 Å². The summed E-state index contributed by atoms with van der Waals surface area (Å²) in [5.41, 5.74) is -0.537. The zero-order valence-electron chi connectivity index (χ0n) is 13.1. The minimum atomic E-state index is -0.599. The number of benzene rings is 1. The quantitative estimate of drug-likeness (QED) is 0.843. The van der Waals surface area contributed by atoms with Crippen LogP contribution in [0.25, 0.3) is 10.9 Å². The highest BCUT2D eigenvalue weighted by atomic mass is 32.1. The molecule has 0 saturated heterocycles. The van der Waals surface area contributed by atoms with Crippen LogP contribution in [-0.2, 0) is 11.3 Å². The molecule has 23 heavy (non-hydrogen) atoms. The second-order valence-electron chi connectivity index (χ2n) is 6.01. The highest BCUT2D eigenvalue weighted by Crippen LogP contribution is 2.09. The number of halogens is 1. The van der Waals surface area contributed by atoms with Crippen molar-refractivity contribution in [3.63, 3.8) is 0 Å². The monoisotopic (exact) mass is 339 g/mol. The van der Waals surface area contributed by atoms with Crippen molar-refractivity contribution in [2.45, 2.75) is 32.9 Å². The molecule has 1 amide bonds. The third-order valence-corrected chi connectivity index (χ3v) is 3.27. The fourth-order valence-corrected chi connectivity index (χ4v) is 2.29. The average molecular weight is 339 g/mol. The zero-order valence-corrected chi connectivity index (χ0v) is 13.9. The van der Waals surface area contributed by atoms with Gasteiger partial charge in [0.2, 0.25) is 0 Å². The fraction of sp³-hybridized carbons (Fsp3) is 0.400. The summed E-state index contributed by atoms with van der Waals surface area (Å²) in [6.07, 6.45) is -0.577. The number of aromatic nitrogens is 2. The third kappa shape index (κ3) is 4.38. The predicted molar refractivity (Wildman–Crippen MR) is 87.6 cm³/mol. The smallest absolute Gasteiger partial charge is 0.407 e. The predicted octanol–water partition coefficient (Wildman–Crippen LogP) is 2.72.